The molecule has 5 heteroatoms. The Hall–Kier alpha value is -2.79. The monoisotopic (exact) mass is 322 g/mol. The second kappa shape index (κ2) is 6.54. The van der Waals surface area contributed by atoms with Crippen molar-refractivity contribution in [3.63, 3.8) is 0 Å². The number of nitrogens with one attached hydrogen (secondary N) is 1. The predicted octanol–water partition coefficient (Wildman–Crippen LogP) is 4.15. The van der Waals surface area contributed by atoms with E-state index in [2.05, 4.69) is 10.3 Å². The van der Waals surface area contributed by atoms with Gasteiger partial charge in [0.05, 0.1) is 15.9 Å². The molecular formula is C18H14N2O2S. The Labute approximate surface area is 137 Å². The van der Waals surface area contributed by atoms with Crippen molar-refractivity contribution < 1.29 is 9.59 Å². The van der Waals surface area contributed by atoms with Gasteiger partial charge in [0.2, 0.25) is 5.91 Å². The first-order chi connectivity index (χ1) is 11.1. The van der Waals surface area contributed by atoms with Crippen molar-refractivity contribution in [1.29, 1.82) is 0 Å². The molecule has 0 aliphatic carbocycles. The van der Waals surface area contributed by atoms with E-state index in [-0.39, 0.29) is 11.7 Å². The van der Waals surface area contributed by atoms with E-state index in [1.807, 2.05) is 24.3 Å². The number of fused-ring (bicyclic) bond motifs is 1. The number of nitrogens with zero attached hydrogens (tertiary/aromatic N) is 1. The number of Topliss-reactive ketones (excluding diaryl/α,β-unsaturated/α-hetero) is 1. The van der Waals surface area contributed by atoms with Crippen LogP contribution in [0.5, 0.6) is 0 Å². The number of hydrogen-bond donors (Lipinski definition) is 1. The molecule has 0 aliphatic heterocycles. The van der Waals surface area contributed by atoms with Crippen molar-refractivity contribution in [2.75, 3.05) is 5.32 Å². The van der Waals surface area contributed by atoms with Crippen molar-refractivity contribution in [2.45, 2.75) is 6.92 Å². The van der Waals surface area contributed by atoms with E-state index in [9.17, 15) is 9.59 Å². The number of ketones is 1. The summed E-state index contributed by atoms with van der Waals surface area (Å²) in [5.74, 6) is -0.381. The molecule has 0 saturated heterocycles. The van der Waals surface area contributed by atoms with Crippen LogP contribution >= 0.6 is 11.3 Å². The summed E-state index contributed by atoms with van der Waals surface area (Å²) in [6.07, 6.45) is 3.10. The molecule has 1 N–H and O–H groups in total. The first-order valence-electron chi connectivity index (χ1n) is 7.08. The minimum absolute atomic E-state index is 0.0870. The Morgan fingerprint density at radius 2 is 1.83 bits per heavy atom. The van der Waals surface area contributed by atoms with Crippen molar-refractivity contribution in [3.8, 4) is 0 Å². The van der Waals surface area contributed by atoms with Crippen LogP contribution in [0.1, 0.15) is 22.3 Å². The molecule has 1 amide bonds. The lowest BCUT2D eigenvalue weighted by Crippen LogP contribution is -2.11. The average molecular weight is 322 g/mol. The van der Waals surface area contributed by atoms with Crippen LogP contribution in [0.2, 0.25) is 0 Å². The van der Waals surface area contributed by atoms with E-state index < -0.39 is 0 Å². The fourth-order valence-corrected chi connectivity index (χ4v) is 3.05. The lowest BCUT2D eigenvalue weighted by Gasteiger charge is -2.06. The maximum atomic E-state index is 12.0. The van der Waals surface area contributed by atoms with Gasteiger partial charge < -0.3 is 5.32 Å². The highest BCUT2D eigenvalue weighted by molar-refractivity contribution is 7.19. The number of anilines is 1. The van der Waals surface area contributed by atoms with Gasteiger partial charge in [0.1, 0.15) is 5.01 Å². The summed E-state index contributed by atoms with van der Waals surface area (Å²) in [4.78, 5) is 28.0. The quantitative estimate of drug-likeness (QED) is 0.580. The van der Waals surface area contributed by atoms with E-state index in [1.54, 1.807) is 30.3 Å². The third-order valence-corrected chi connectivity index (χ3v) is 4.25. The van der Waals surface area contributed by atoms with Crippen LogP contribution in [0.4, 0.5) is 5.69 Å². The number of para-hydroxylation sites is 2. The molecule has 3 aromatic rings. The molecule has 0 fully saturated rings. The van der Waals surface area contributed by atoms with Crippen molar-refractivity contribution in [3.05, 3.63) is 65.2 Å². The van der Waals surface area contributed by atoms with E-state index >= 15 is 0 Å². The van der Waals surface area contributed by atoms with Crippen molar-refractivity contribution in [2.24, 2.45) is 0 Å². The van der Waals surface area contributed by atoms with Crippen molar-refractivity contribution in [1.82, 2.24) is 4.98 Å². The van der Waals surface area contributed by atoms with Gasteiger partial charge in [-0.25, -0.2) is 4.98 Å². The minimum atomic E-state index is -0.294. The summed E-state index contributed by atoms with van der Waals surface area (Å²) in [6.45, 7) is 1.47. The van der Waals surface area contributed by atoms with Gasteiger partial charge in [-0.15, -0.1) is 11.3 Å². The van der Waals surface area contributed by atoms with Gasteiger partial charge >= 0.3 is 0 Å². The SMILES string of the molecule is CC(=O)c1ccccc1NC(=O)/C=C/c1nc2ccccc2s1. The number of carbonyl (C=O) groups is 2. The van der Waals surface area contributed by atoms with Gasteiger partial charge in [-0.1, -0.05) is 24.3 Å². The van der Waals surface area contributed by atoms with E-state index in [0.29, 0.717) is 11.3 Å². The maximum absolute atomic E-state index is 12.0. The summed E-state index contributed by atoms with van der Waals surface area (Å²) in [5, 5.41) is 3.49. The standard InChI is InChI=1S/C18H14N2O2S/c1-12(21)13-6-2-3-7-14(13)19-17(22)10-11-18-20-15-8-4-5-9-16(15)23-18/h2-11H,1H3,(H,19,22)/b11-10+. The molecule has 2 aromatic carbocycles. The number of amides is 1. The first-order valence-corrected chi connectivity index (χ1v) is 7.90. The lowest BCUT2D eigenvalue weighted by atomic mass is 10.1. The molecular weight excluding hydrogens is 308 g/mol. The number of aromatic nitrogens is 1. The molecule has 1 aromatic heterocycles. The number of benzene rings is 2. The molecule has 0 radical (unpaired) electrons. The second-order valence-electron chi connectivity index (χ2n) is 4.94. The van der Waals surface area contributed by atoms with Gasteiger partial charge in [0.25, 0.3) is 0 Å². The fraction of sp³-hybridized carbons (Fsp3) is 0.0556. The highest BCUT2D eigenvalue weighted by Gasteiger charge is 2.08. The number of rotatable bonds is 4. The van der Waals surface area contributed by atoms with Gasteiger partial charge in [-0.2, -0.15) is 0 Å². The second-order valence-corrected chi connectivity index (χ2v) is 6.01. The van der Waals surface area contributed by atoms with Crippen LogP contribution in [0.3, 0.4) is 0 Å². The van der Waals surface area contributed by atoms with E-state index in [0.717, 1.165) is 15.2 Å². The molecule has 114 valence electrons. The zero-order chi connectivity index (χ0) is 16.2. The van der Waals surface area contributed by atoms with Crippen LogP contribution in [-0.4, -0.2) is 16.7 Å². The highest BCUT2D eigenvalue weighted by Crippen LogP contribution is 2.22. The summed E-state index contributed by atoms with van der Waals surface area (Å²) in [6, 6.07) is 14.8. The molecule has 3 rings (SSSR count). The maximum Gasteiger partial charge on any atom is 0.248 e. The topological polar surface area (TPSA) is 59.1 Å². The molecule has 0 bridgehead atoms. The minimum Gasteiger partial charge on any atom is -0.322 e. The Morgan fingerprint density at radius 3 is 2.61 bits per heavy atom. The number of thiazole rings is 1. The summed E-state index contributed by atoms with van der Waals surface area (Å²) >= 11 is 1.52. The lowest BCUT2D eigenvalue weighted by molar-refractivity contribution is -0.111. The highest BCUT2D eigenvalue weighted by atomic mass is 32.1. The normalized spacial score (nSPS) is 11.0. The summed E-state index contributed by atoms with van der Waals surface area (Å²) in [5.41, 5.74) is 1.92. The largest absolute Gasteiger partial charge is 0.322 e. The average Bonchev–Trinajstić information content (AvgIpc) is 2.96. The summed E-state index contributed by atoms with van der Waals surface area (Å²) < 4.78 is 1.08. The molecule has 1 heterocycles. The first kappa shape index (κ1) is 15.1. The van der Waals surface area contributed by atoms with Gasteiger partial charge in [-0.3, -0.25) is 9.59 Å². The van der Waals surface area contributed by atoms with E-state index in [4.69, 9.17) is 0 Å². The van der Waals surface area contributed by atoms with Crippen molar-refractivity contribution >= 4 is 45.0 Å². The van der Waals surface area contributed by atoms with Crippen LogP contribution in [0.15, 0.2) is 54.6 Å². The fourth-order valence-electron chi connectivity index (χ4n) is 2.18. The van der Waals surface area contributed by atoms with Gasteiger partial charge in [0.15, 0.2) is 5.78 Å². The number of carbonyl (C=O) groups excluding carboxylic acids is 2. The molecule has 0 atom stereocenters. The Balaban J connectivity index is 1.75. The van der Waals surface area contributed by atoms with E-state index in [1.165, 1.54) is 24.3 Å². The Kier molecular flexibility index (Phi) is 4.30. The molecule has 23 heavy (non-hydrogen) atoms. The zero-order valence-electron chi connectivity index (χ0n) is 12.4. The smallest absolute Gasteiger partial charge is 0.248 e. The predicted molar refractivity (Wildman–Crippen MR) is 93.7 cm³/mol. The third kappa shape index (κ3) is 3.52. The molecule has 0 saturated carbocycles. The Bertz CT molecular complexity index is 879. The molecule has 0 unspecified atom stereocenters. The van der Waals surface area contributed by atoms with Crippen LogP contribution in [-0.2, 0) is 4.79 Å². The van der Waals surface area contributed by atoms with Gasteiger partial charge in [0, 0.05) is 11.6 Å². The molecule has 4 nitrogen and oxygen atoms in total. The van der Waals surface area contributed by atoms with Crippen LogP contribution in [0.25, 0.3) is 16.3 Å². The summed E-state index contributed by atoms with van der Waals surface area (Å²) in [7, 11) is 0. The van der Waals surface area contributed by atoms with Crippen LogP contribution < -0.4 is 5.32 Å². The third-order valence-electron chi connectivity index (χ3n) is 3.25. The van der Waals surface area contributed by atoms with Crippen LogP contribution in [0, 0.1) is 0 Å². The van der Waals surface area contributed by atoms with Gasteiger partial charge in [-0.05, 0) is 37.3 Å². The zero-order valence-corrected chi connectivity index (χ0v) is 13.3. The Morgan fingerprint density at radius 1 is 1.09 bits per heavy atom. The molecule has 0 aliphatic rings. The number of hydrogen-bond acceptors (Lipinski definition) is 4. The molecule has 0 spiro atoms.